The molecule has 1 heterocycles. The molecule has 122 valence electrons. The van der Waals surface area contributed by atoms with E-state index in [0.29, 0.717) is 35.6 Å². The fourth-order valence-corrected chi connectivity index (χ4v) is 2.39. The van der Waals surface area contributed by atoms with Crippen LogP contribution in [0, 0.1) is 0 Å². The van der Waals surface area contributed by atoms with Crippen LogP contribution in [-0.2, 0) is 19.0 Å². The van der Waals surface area contributed by atoms with Gasteiger partial charge in [-0.2, -0.15) is 0 Å². The molecule has 0 bridgehead atoms. The maximum absolute atomic E-state index is 11.6. The molecule has 7 heteroatoms. The van der Waals surface area contributed by atoms with Crippen molar-refractivity contribution in [3.63, 3.8) is 0 Å². The van der Waals surface area contributed by atoms with E-state index in [4.69, 9.17) is 18.9 Å². The van der Waals surface area contributed by atoms with Crippen molar-refractivity contribution in [2.24, 2.45) is 0 Å². The number of carbonyl (C=O) groups is 1. The number of phenols is 1. The molecule has 1 aliphatic rings. The number of ether oxygens (including phenoxy) is 4. The number of aromatic hydroxyl groups is 1. The van der Waals surface area contributed by atoms with E-state index in [0.717, 1.165) is 12.8 Å². The molecule has 0 spiro atoms. The van der Waals surface area contributed by atoms with Gasteiger partial charge in [0.2, 0.25) is 0 Å². The van der Waals surface area contributed by atoms with Gasteiger partial charge >= 0.3 is 5.97 Å². The number of carbonyl (C=O) groups excluding carboxylic acids is 1. The first-order valence-electron chi connectivity index (χ1n) is 7.16. The second-order valence-corrected chi connectivity index (χ2v) is 5.69. The first-order chi connectivity index (χ1) is 10.6. The molecule has 1 saturated heterocycles. The summed E-state index contributed by atoms with van der Waals surface area (Å²) in [6.07, 6.45) is 1.08. The van der Waals surface area contributed by atoms with E-state index in [2.05, 4.69) is 15.9 Å². The Balaban J connectivity index is 2.04. The van der Waals surface area contributed by atoms with E-state index < -0.39 is 12.3 Å². The molecule has 0 unspecified atom stereocenters. The molecule has 1 aliphatic heterocycles. The van der Waals surface area contributed by atoms with Crippen LogP contribution in [-0.4, -0.2) is 37.5 Å². The second kappa shape index (κ2) is 8.36. The highest BCUT2D eigenvalue weighted by Crippen LogP contribution is 2.40. The molecular formula is C15H19BrO6. The monoisotopic (exact) mass is 374 g/mol. The third-order valence-electron chi connectivity index (χ3n) is 3.05. The highest BCUT2D eigenvalue weighted by molar-refractivity contribution is 9.10. The maximum atomic E-state index is 11.6. The van der Waals surface area contributed by atoms with Gasteiger partial charge in [0.25, 0.3) is 0 Å². The van der Waals surface area contributed by atoms with Crippen molar-refractivity contribution in [1.82, 2.24) is 0 Å². The van der Waals surface area contributed by atoms with Gasteiger partial charge in [-0.25, -0.2) is 4.79 Å². The fourth-order valence-electron chi connectivity index (χ4n) is 1.97. The molecule has 0 amide bonds. The smallest absolute Gasteiger partial charge is 0.344 e. The summed E-state index contributed by atoms with van der Waals surface area (Å²) in [7, 11) is 0. The van der Waals surface area contributed by atoms with Crippen LogP contribution in [0.5, 0.6) is 11.5 Å². The molecule has 0 saturated carbocycles. The number of halogens is 1. The summed E-state index contributed by atoms with van der Waals surface area (Å²) in [5.41, 5.74) is 0.377. The van der Waals surface area contributed by atoms with Crippen molar-refractivity contribution in [2.75, 3.05) is 26.4 Å². The van der Waals surface area contributed by atoms with Gasteiger partial charge in [-0.3, -0.25) is 0 Å². The Morgan fingerprint density at radius 2 is 2.14 bits per heavy atom. The van der Waals surface area contributed by atoms with Crippen molar-refractivity contribution in [1.29, 1.82) is 0 Å². The average Bonchev–Trinajstić information content (AvgIpc) is 2.98. The molecule has 1 aromatic carbocycles. The van der Waals surface area contributed by atoms with Crippen LogP contribution in [0.1, 0.15) is 31.6 Å². The highest BCUT2D eigenvalue weighted by Gasteiger charge is 2.26. The van der Waals surface area contributed by atoms with Crippen molar-refractivity contribution in [3.05, 3.63) is 22.2 Å². The van der Waals surface area contributed by atoms with Crippen LogP contribution in [0.3, 0.4) is 0 Å². The Labute approximate surface area is 137 Å². The zero-order valence-corrected chi connectivity index (χ0v) is 13.9. The Morgan fingerprint density at radius 1 is 1.41 bits per heavy atom. The molecule has 0 aliphatic carbocycles. The molecule has 0 aromatic heterocycles. The van der Waals surface area contributed by atoms with E-state index in [1.54, 1.807) is 6.07 Å². The predicted octanol–water partition coefficient (Wildman–Crippen LogP) is 2.92. The van der Waals surface area contributed by atoms with Gasteiger partial charge in [-0.1, -0.05) is 29.3 Å². The Morgan fingerprint density at radius 3 is 2.82 bits per heavy atom. The van der Waals surface area contributed by atoms with Gasteiger partial charge in [0, 0.05) is 4.47 Å². The van der Waals surface area contributed by atoms with Crippen LogP contribution in [0.25, 0.3) is 0 Å². The normalized spacial score (nSPS) is 15.0. The number of benzene rings is 1. The van der Waals surface area contributed by atoms with Gasteiger partial charge in [0.15, 0.2) is 12.9 Å². The highest BCUT2D eigenvalue weighted by atomic mass is 79.9. The predicted molar refractivity (Wildman–Crippen MR) is 81.8 cm³/mol. The summed E-state index contributed by atoms with van der Waals surface area (Å²) in [6, 6.07) is 3.17. The summed E-state index contributed by atoms with van der Waals surface area (Å²) in [5, 5.41) is 10.1. The number of hydrogen-bond acceptors (Lipinski definition) is 6. The lowest BCUT2D eigenvalue weighted by Gasteiger charge is -2.17. The quantitative estimate of drug-likeness (QED) is 0.584. The van der Waals surface area contributed by atoms with E-state index in [1.807, 2.05) is 6.92 Å². The van der Waals surface area contributed by atoms with Gasteiger partial charge in [0.05, 0.1) is 25.4 Å². The van der Waals surface area contributed by atoms with Crippen molar-refractivity contribution < 1.29 is 28.8 Å². The SMILES string of the molecule is CCCCOC(=O)COc1cc(Br)cc(O)c1C1OCCO1. The van der Waals surface area contributed by atoms with E-state index in [1.165, 1.54) is 6.07 Å². The van der Waals surface area contributed by atoms with Crippen molar-refractivity contribution >= 4 is 21.9 Å². The minimum Gasteiger partial charge on any atom is -0.507 e. The van der Waals surface area contributed by atoms with E-state index in [9.17, 15) is 9.90 Å². The molecule has 0 atom stereocenters. The fraction of sp³-hybridized carbons (Fsp3) is 0.533. The van der Waals surface area contributed by atoms with E-state index >= 15 is 0 Å². The molecule has 0 radical (unpaired) electrons. The van der Waals surface area contributed by atoms with Crippen LogP contribution in [0.4, 0.5) is 0 Å². The summed E-state index contributed by atoms with van der Waals surface area (Å²) in [6.45, 7) is 3.04. The summed E-state index contributed by atoms with van der Waals surface area (Å²) in [5.74, 6) is -0.144. The Hall–Kier alpha value is -1.31. The van der Waals surface area contributed by atoms with Crippen LogP contribution in [0.15, 0.2) is 16.6 Å². The van der Waals surface area contributed by atoms with Crippen molar-refractivity contribution in [3.8, 4) is 11.5 Å². The molecule has 1 aromatic rings. The number of phenolic OH excluding ortho intramolecular Hbond substituents is 1. The number of esters is 1. The molecule has 1 N–H and O–H groups in total. The third-order valence-corrected chi connectivity index (χ3v) is 3.51. The zero-order chi connectivity index (χ0) is 15.9. The van der Waals surface area contributed by atoms with Gasteiger partial charge in [-0.05, 0) is 18.6 Å². The summed E-state index contributed by atoms with van der Waals surface area (Å²) >= 11 is 3.28. The molecule has 22 heavy (non-hydrogen) atoms. The molecule has 2 rings (SSSR count). The number of unbranched alkanes of at least 4 members (excludes halogenated alkanes) is 1. The lowest BCUT2D eigenvalue weighted by Crippen LogP contribution is -2.16. The lowest BCUT2D eigenvalue weighted by atomic mass is 10.1. The number of rotatable bonds is 7. The van der Waals surface area contributed by atoms with Gasteiger partial charge in [-0.15, -0.1) is 0 Å². The second-order valence-electron chi connectivity index (χ2n) is 4.77. The zero-order valence-electron chi connectivity index (χ0n) is 12.3. The molecule has 6 nitrogen and oxygen atoms in total. The molecular weight excluding hydrogens is 356 g/mol. The summed E-state index contributed by atoms with van der Waals surface area (Å²) in [4.78, 5) is 11.6. The van der Waals surface area contributed by atoms with Crippen molar-refractivity contribution in [2.45, 2.75) is 26.1 Å². The Kier molecular flexibility index (Phi) is 6.48. The van der Waals surface area contributed by atoms with E-state index in [-0.39, 0.29) is 12.4 Å². The first-order valence-corrected chi connectivity index (χ1v) is 7.95. The number of hydrogen-bond donors (Lipinski definition) is 1. The van der Waals surface area contributed by atoms with Crippen LogP contribution in [0.2, 0.25) is 0 Å². The van der Waals surface area contributed by atoms with Crippen LogP contribution < -0.4 is 4.74 Å². The minimum absolute atomic E-state index is 0.0179. The summed E-state index contributed by atoms with van der Waals surface area (Å²) < 4.78 is 21.9. The van der Waals surface area contributed by atoms with Crippen LogP contribution >= 0.6 is 15.9 Å². The first kappa shape index (κ1) is 17.1. The topological polar surface area (TPSA) is 74.2 Å². The lowest BCUT2D eigenvalue weighted by molar-refractivity contribution is -0.146. The van der Waals surface area contributed by atoms with Gasteiger partial charge < -0.3 is 24.1 Å². The Bertz CT molecular complexity index is 513. The molecule has 1 fully saturated rings. The average molecular weight is 375 g/mol. The minimum atomic E-state index is -0.695. The maximum Gasteiger partial charge on any atom is 0.344 e. The third kappa shape index (κ3) is 4.59. The standard InChI is InChI=1S/C15H19BrO6/c1-2-3-4-19-13(18)9-22-12-8-10(16)7-11(17)14(12)15-20-5-6-21-15/h7-8,15,17H,2-6,9H2,1H3. The van der Waals surface area contributed by atoms with Gasteiger partial charge in [0.1, 0.15) is 11.5 Å². The largest absolute Gasteiger partial charge is 0.507 e.